The molecule has 1 N–H and O–H groups in total. The summed E-state index contributed by atoms with van der Waals surface area (Å²) in [5.41, 5.74) is 2.48. The molecule has 0 atom stereocenters. The summed E-state index contributed by atoms with van der Waals surface area (Å²) < 4.78 is 0. The third-order valence-electron chi connectivity index (χ3n) is 3.23. The van der Waals surface area contributed by atoms with Crippen molar-refractivity contribution in [1.29, 1.82) is 0 Å². The zero-order valence-electron chi connectivity index (χ0n) is 11.4. The minimum Gasteiger partial charge on any atom is -0.506 e. The fourth-order valence-corrected chi connectivity index (χ4v) is 2.09. The molecule has 0 fully saturated rings. The molecule has 0 unspecified atom stereocenters. The molecule has 2 aromatic rings. The minimum atomic E-state index is -0.170. The molecule has 0 saturated carbocycles. The van der Waals surface area contributed by atoms with Gasteiger partial charge in [-0.05, 0) is 42.3 Å². The van der Waals surface area contributed by atoms with Crippen LogP contribution in [0.15, 0.2) is 42.5 Å². The number of carbonyl (C=O) groups is 1. The van der Waals surface area contributed by atoms with E-state index in [1.165, 1.54) is 17.7 Å². The van der Waals surface area contributed by atoms with Gasteiger partial charge in [0.2, 0.25) is 0 Å². The van der Waals surface area contributed by atoms with Crippen molar-refractivity contribution in [2.24, 2.45) is 0 Å². The molecule has 20 heavy (non-hydrogen) atoms. The van der Waals surface area contributed by atoms with Crippen molar-refractivity contribution in [2.45, 2.75) is 13.3 Å². The molecule has 0 saturated heterocycles. The SMILES string of the molecule is CCc1ccc(N(C)C(=O)c2ccc(O)c(Cl)c2)cc1. The average molecular weight is 290 g/mol. The Bertz CT molecular complexity index is 623. The van der Waals surface area contributed by atoms with Gasteiger partial charge in [-0.3, -0.25) is 4.79 Å². The molecule has 1 amide bonds. The van der Waals surface area contributed by atoms with Crippen molar-refractivity contribution >= 4 is 23.2 Å². The van der Waals surface area contributed by atoms with Crippen LogP contribution in [-0.4, -0.2) is 18.1 Å². The molecule has 2 rings (SSSR count). The number of amides is 1. The monoisotopic (exact) mass is 289 g/mol. The predicted octanol–water partition coefficient (Wildman–Crippen LogP) is 3.88. The van der Waals surface area contributed by atoms with Gasteiger partial charge in [-0.1, -0.05) is 30.7 Å². The van der Waals surface area contributed by atoms with Crippen LogP contribution in [0.1, 0.15) is 22.8 Å². The van der Waals surface area contributed by atoms with Crippen LogP contribution < -0.4 is 4.90 Å². The van der Waals surface area contributed by atoms with E-state index in [0.29, 0.717) is 5.56 Å². The topological polar surface area (TPSA) is 40.5 Å². The molecule has 0 aliphatic carbocycles. The molecule has 0 heterocycles. The number of benzene rings is 2. The van der Waals surface area contributed by atoms with E-state index in [4.69, 9.17) is 11.6 Å². The summed E-state index contributed by atoms with van der Waals surface area (Å²) in [7, 11) is 1.71. The van der Waals surface area contributed by atoms with E-state index in [-0.39, 0.29) is 16.7 Å². The summed E-state index contributed by atoms with van der Waals surface area (Å²) in [5, 5.41) is 9.55. The van der Waals surface area contributed by atoms with Crippen LogP contribution in [0.25, 0.3) is 0 Å². The Hall–Kier alpha value is -2.00. The predicted molar refractivity (Wildman–Crippen MR) is 81.7 cm³/mol. The number of phenolic OH excluding ortho intramolecular Hbond substituents is 1. The molecular formula is C16H16ClNO2. The Kier molecular flexibility index (Phi) is 4.30. The van der Waals surface area contributed by atoms with Gasteiger partial charge in [0, 0.05) is 18.3 Å². The minimum absolute atomic E-state index is 0.0295. The van der Waals surface area contributed by atoms with Gasteiger partial charge < -0.3 is 10.0 Å². The highest BCUT2D eigenvalue weighted by Crippen LogP contribution is 2.25. The van der Waals surface area contributed by atoms with Crippen molar-refractivity contribution in [2.75, 3.05) is 11.9 Å². The van der Waals surface area contributed by atoms with E-state index in [9.17, 15) is 9.90 Å². The smallest absolute Gasteiger partial charge is 0.258 e. The number of phenols is 1. The van der Waals surface area contributed by atoms with Gasteiger partial charge in [-0.25, -0.2) is 0 Å². The maximum absolute atomic E-state index is 12.3. The first-order valence-electron chi connectivity index (χ1n) is 6.38. The zero-order chi connectivity index (χ0) is 14.7. The number of anilines is 1. The van der Waals surface area contributed by atoms with Crippen LogP contribution in [-0.2, 0) is 6.42 Å². The van der Waals surface area contributed by atoms with Gasteiger partial charge in [0.15, 0.2) is 0 Å². The molecule has 0 bridgehead atoms. The summed E-state index contributed by atoms with van der Waals surface area (Å²) >= 11 is 5.83. The van der Waals surface area contributed by atoms with Gasteiger partial charge in [-0.2, -0.15) is 0 Å². The molecule has 0 aromatic heterocycles. The lowest BCUT2D eigenvalue weighted by atomic mass is 10.1. The van der Waals surface area contributed by atoms with Gasteiger partial charge >= 0.3 is 0 Å². The first-order chi connectivity index (χ1) is 9.52. The van der Waals surface area contributed by atoms with Crippen LogP contribution in [0, 0.1) is 0 Å². The lowest BCUT2D eigenvalue weighted by molar-refractivity contribution is 0.0993. The Morgan fingerprint density at radius 3 is 2.40 bits per heavy atom. The van der Waals surface area contributed by atoms with E-state index < -0.39 is 0 Å². The highest BCUT2D eigenvalue weighted by molar-refractivity contribution is 6.32. The standard InChI is InChI=1S/C16H16ClNO2/c1-3-11-4-7-13(8-5-11)18(2)16(20)12-6-9-15(19)14(17)10-12/h4-10,19H,3H2,1-2H3. The Morgan fingerprint density at radius 2 is 1.85 bits per heavy atom. The zero-order valence-corrected chi connectivity index (χ0v) is 12.2. The molecule has 2 aromatic carbocycles. The second kappa shape index (κ2) is 5.97. The highest BCUT2D eigenvalue weighted by Gasteiger charge is 2.14. The maximum Gasteiger partial charge on any atom is 0.258 e. The fraction of sp³-hybridized carbons (Fsp3) is 0.188. The second-order valence-corrected chi connectivity index (χ2v) is 4.96. The summed E-state index contributed by atoms with van der Waals surface area (Å²) in [5.74, 6) is -0.200. The molecule has 3 nitrogen and oxygen atoms in total. The first kappa shape index (κ1) is 14.4. The summed E-state index contributed by atoms with van der Waals surface area (Å²) in [6.07, 6.45) is 0.964. The van der Waals surface area contributed by atoms with Crippen molar-refractivity contribution in [3.8, 4) is 5.75 Å². The normalized spacial score (nSPS) is 10.3. The average Bonchev–Trinajstić information content (AvgIpc) is 2.48. The summed E-state index contributed by atoms with van der Waals surface area (Å²) in [6, 6.07) is 12.3. The van der Waals surface area contributed by atoms with E-state index in [2.05, 4.69) is 6.92 Å². The molecular weight excluding hydrogens is 274 g/mol. The van der Waals surface area contributed by atoms with E-state index in [0.717, 1.165) is 12.1 Å². The lowest BCUT2D eigenvalue weighted by Crippen LogP contribution is -2.26. The summed E-state index contributed by atoms with van der Waals surface area (Å²) in [6.45, 7) is 2.09. The van der Waals surface area contributed by atoms with Gasteiger partial charge in [-0.15, -0.1) is 0 Å². The van der Waals surface area contributed by atoms with Crippen LogP contribution >= 0.6 is 11.6 Å². The first-order valence-corrected chi connectivity index (χ1v) is 6.76. The van der Waals surface area contributed by atoms with Crippen LogP contribution in [0.3, 0.4) is 0 Å². The summed E-state index contributed by atoms with van der Waals surface area (Å²) in [4.78, 5) is 13.9. The van der Waals surface area contributed by atoms with Crippen molar-refractivity contribution < 1.29 is 9.90 Å². The van der Waals surface area contributed by atoms with Gasteiger partial charge in [0.1, 0.15) is 5.75 Å². The Labute approximate surface area is 123 Å². The second-order valence-electron chi connectivity index (χ2n) is 4.55. The van der Waals surface area contributed by atoms with E-state index in [1.807, 2.05) is 24.3 Å². The third kappa shape index (κ3) is 2.94. The molecule has 4 heteroatoms. The fourth-order valence-electron chi connectivity index (χ4n) is 1.91. The number of aryl methyl sites for hydroxylation is 1. The maximum atomic E-state index is 12.3. The number of hydrogen-bond acceptors (Lipinski definition) is 2. The van der Waals surface area contributed by atoms with Crippen molar-refractivity contribution in [3.05, 3.63) is 58.6 Å². The quantitative estimate of drug-likeness (QED) is 0.931. The Morgan fingerprint density at radius 1 is 1.20 bits per heavy atom. The molecule has 0 radical (unpaired) electrons. The van der Waals surface area contributed by atoms with Crippen LogP contribution in [0.5, 0.6) is 5.75 Å². The highest BCUT2D eigenvalue weighted by atomic mass is 35.5. The molecule has 0 aliphatic heterocycles. The lowest BCUT2D eigenvalue weighted by Gasteiger charge is -2.18. The van der Waals surface area contributed by atoms with Crippen LogP contribution in [0.4, 0.5) is 5.69 Å². The number of carbonyl (C=O) groups excluding carboxylic acids is 1. The third-order valence-corrected chi connectivity index (χ3v) is 3.53. The number of hydrogen-bond donors (Lipinski definition) is 1. The largest absolute Gasteiger partial charge is 0.506 e. The van der Waals surface area contributed by atoms with E-state index in [1.54, 1.807) is 18.0 Å². The van der Waals surface area contributed by atoms with Crippen molar-refractivity contribution in [1.82, 2.24) is 0 Å². The number of rotatable bonds is 3. The van der Waals surface area contributed by atoms with Crippen LogP contribution in [0.2, 0.25) is 5.02 Å². The molecule has 0 spiro atoms. The Balaban J connectivity index is 2.24. The number of nitrogens with zero attached hydrogens (tertiary/aromatic N) is 1. The van der Waals surface area contributed by atoms with Gasteiger partial charge in [0.05, 0.1) is 5.02 Å². The number of halogens is 1. The van der Waals surface area contributed by atoms with E-state index >= 15 is 0 Å². The van der Waals surface area contributed by atoms with Gasteiger partial charge in [0.25, 0.3) is 5.91 Å². The molecule has 0 aliphatic rings. The van der Waals surface area contributed by atoms with Crippen molar-refractivity contribution in [3.63, 3.8) is 0 Å². The molecule has 104 valence electrons. The number of aromatic hydroxyl groups is 1.